The van der Waals surface area contributed by atoms with Crippen LogP contribution in [0.5, 0.6) is 0 Å². The molecule has 1 N–H and O–H groups in total. The second kappa shape index (κ2) is 4.61. The van der Waals surface area contributed by atoms with Gasteiger partial charge in [-0.05, 0) is 29.7 Å². The van der Waals surface area contributed by atoms with Gasteiger partial charge in [-0.25, -0.2) is 0 Å². The fraction of sp³-hybridized carbons (Fsp3) is 0.250. The highest BCUT2D eigenvalue weighted by atomic mass is 16.1. The van der Waals surface area contributed by atoms with Gasteiger partial charge in [0, 0.05) is 5.69 Å². The number of anilines is 1. The number of carbonyl (C=O) groups excluding carboxylic acids is 1. The minimum atomic E-state index is -0.178. The highest BCUT2D eigenvalue weighted by molar-refractivity contribution is 5.98. The predicted molar refractivity (Wildman–Crippen MR) is 59.4 cm³/mol. The maximum atomic E-state index is 11.0. The van der Waals surface area contributed by atoms with Gasteiger partial charge in [-0.1, -0.05) is 32.6 Å². The number of carbonyl (C=O) groups is 1. The zero-order valence-corrected chi connectivity index (χ0v) is 8.58. The number of rotatable bonds is 3. The van der Waals surface area contributed by atoms with Crippen molar-refractivity contribution in [2.24, 2.45) is 0 Å². The summed E-state index contributed by atoms with van der Waals surface area (Å²) in [7, 11) is 0. The maximum absolute atomic E-state index is 11.0. The minimum absolute atomic E-state index is 0.178. The summed E-state index contributed by atoms with van der Waals surface area (Å²) in [5.41, 5.74) is 2.07. The molecule has 0 aliphatic heterocycles. The fourth-order valence-corrected chi connectivity index (χ4v) is 1.14. The van der Waals surface area contributed by atoms with Crippen LogP contribution in [-0.2, 0) is 4.79 Å². The van der Waals surface area contributed by atoms with Gasteiger partial charge in [-0.2, -0.15) is 0 Å². The van der Waals surface area contributed by atoms with E-state index in [2.05, 4.69) is 25.7 Å². The lowest BCUT2D eigenvalue weighted by Crippen LogP contribution is -2.07. The summed E-state index contributed by atoms with van der Waals surface area (Å²) in [4.78, 5) is 11.0. The van der Waals surface area contributed by atoms with Gasteiger partial charge in [-0.15, -0.1) is 0 Å². The molecule has 0 bridgehead atoms. The number of hydrogen-bond acceptors (Lipinski definition) is 1. The Morgan fingerprint density at radius 1 is 1.36 bits per heavy atom. The Hall–Kier alpha value is -1.57. The SMILES string of the molecule is C=CC(=O)Nc1ccc(C(C)C)cc1. The number of benzene rings is 1. The van der Waals surface area contributed by atoms with Crippen molar-refractivity contribution in [2.45, 2.75) is 19.8 Å². The quantitative estimate of drug-likeness (QED) is 0.728. The molecule has 1 aromatic rings. The van der Waals surface area contributed by atoms with Gasteiger partial charge in [0.1, 0.15) is 0 Å². The Balaban J connectivity index is 2.73. The van der Waals surface area contributed by atoms with E-state index < -0.39 is 0 Å². The zero-order valence-electron chi connectivity index (χ0n) is 8.58. The van der Waals surface area contributed by atoms with E-state index in [4.69, 9.17) is 0 Å². The molecule has 0 aromatic heterocycles. The molecule has 0 unspecified atom stereocenters. The molecule has 0 heterocycles. The first-order chi connectivity index (χ1) is 6.63. The van der Waals surface area contributed by atoms with E-state index >= 15 is 0 Å². The topological polar surface area (TPSA) is 29.1 Å². The maximum Gasteiger partial charge on any atom is 0.247 e. The molecule has 0 fully saturated rings. The molecule has 0 atom stereocenters. The lowest BCUT2D eigenvalue weighted by molar-refractivity contribution is -0.111. The summed E-state index contributed by atoms with van der Waals surface area (Å²) >= 11 is 0. The molecule has 74 valence electrons. The van der Waals surface area contributed by atoms with Crippen LogP contribution in [0, 0.1) is 0 Å². The molecule has 1 aromatic carbocycles. The van der Waals surface area contributed by atoms with E-state index in [1.165, 1.54) is 11.6 Å². The molecule has 1 amide bonds. The van der Waals surface area contributed by atoms with E-state index in [0.29, 0.717) is 5.92 Å². The summed E-state index contributed by atoms with van der Waals surface area (Å²) in [5.74, 6) is 0.335. The number of nitrogens with one attached hydrogen (secondary N) is 1. The summed E-state index contributed by atoms with van der Waals surface area (Å²) < 4.78 is 0. The Kier molecular flexibility index (Phi) is 3.46. The fourth-order valence-electron chi connectivity index (χ4n) is 1.14. The van der Waals surface area contributed by atoms with Gasteiger partial charge in [0.05, 0.1) is 0 Å². The molecular formula is C12H15NO. The Morgan fingerprint density at radius 2 is 1.93 bits per heavy atom. The Labute approximate surface area is 84.6 Å². The molecule has 14 heavy (non-hydrogen) atoms. The minimum Gasteiger partial charge on any atom is -0.323 e. The Morgan fingerprint density at radius 3 is 2.36 bits per heavy atom. The summed E-state index contributed by atoms with van der Waals surface area (Å²) in [6, 6.07) is 7.83. The van der Waals surface area contributed by atoms with Crippen molar-refractivity contribution in [1.82, 2.24) is 0 Å². The van der Waals surface area contributed by atoms with Crippen molar-refractivity contribution < 1.29 is 4.79 Å². The normalized spacial score (nSPS) is 9.93. The van der Waals surface area contributed by atoms with Gasteiger partial charge in [0.25, 0.3) is 0 Å². The molecule has 0 radical (unpaired) electrons. The molecule has 0 aliphatic carbocycles. The van der Waals surface area contributed by atoms with Crippen LogP contribution in [-0.4, -0.2) is 5.91 Å². The van der Waals surface area contributed by atoms with Gasteiger partial charge >= 0.3 is 0 Å². The van der Waals surface area contributed by atoms with Gasteiger partial charge < -0.3 is 5.32 Å². The van der Waals surface area contributed by atoms with E-state index in [0.717, 1.165) is 5.69 Å². The smallest absolute Gasteiger partial charge is 0.247 e. The van der Waals surface area contributed by atoms with Crippen molar-refractivity contribution in [1.29, 1.82) is 0 Å². The van der Waals surface area contributed by atoms with E-state index in [9.17, 15) is 4.79 Å². The largest absolute Gasteiger partial charge is 0.323 e. The first kappa shape index (κ1) is 10.5. The number of amides is 1. The lowest BCUT2D eigenvalue weighted by atomic mass is 10.0. The second-order valence-corrected chi connectivity index (χ2v) is 3.47. The zero-order chi connectivity index (χ0) is 10.6. The average Bonchev–Trinajstić information content (AvgIpc) is 2.18. The van der Waals surface area contributed by atoms with Crippen LogP contribution in [0.15, 0.2) is 36.9 Å². The van der Waals surface area contributed by atoms with E-state index in [1.54, 1.807) is 0 Å². The van der Waals surface area contributed by atoms with Crippen molar-refractivity contribution in [3.8, 4) is 0 Å². The third-order valence-electron chi connectivity index (χ3n) is 2.03. The van der Waals surface area contributed by atoms with Crippen LogP contribution in [0.1, 0.15) is 25.3 Å². The third kappa shape index (κ3) is 2.73. The molecule has 0 aliphatic rings. The van der Waals surface area contributed by atoms with Crippen molar-refractivity contribution in [3.63, 3.8) is 0 Å². The first-order valence-electron chi connectivity index (χ1n) is 4.67. The van der Waals surface area contributed by atoms with Crippen LogP contribution < -0.4 is 5.32 Å². The molecule has 0 spiro atoms. The van der Waals surface area contributed by atoms with Crippen LogP contribution in [0.2, 0.25) is 0 Å². The van der Waals surface area contributed by atoms with Gasteiger partial charge in [0.15, 0.2) is 0 Å². The lowest BCUT2D eigenvalue weighted by Gasteiger charge is -2.06. The molecule has 0 saturated heterocycles. The van der Waals surface area contributed by atoms with Gasteiger partial charge in [0.2, 0.25) is 5.91 Å². The monoisotopic (exact) mass is 189 g/mol. The number of hydrogen-bond donors (Lipinski definition) is 1. The summed E-state index contributed by atoms with van der Waals surface area (Å²) in [5, 5.41) is 2.70. The van der Waals surface area contributed by atoms with Crippen molar-refractivity contribution in [3.05, 3.63) is 42.5 Å². The van der Waals surface area contributed by atoms with Crippen molar-refractivity contribution >= 4 is 11.6 Å². The average molecular weight is 189 g/mol. The molecular weight excluding hydrogens is 174 g/mol. The summed E-state index contributed by atoms with van der Waals surface area (Å²) in [6.45, 7) is 7.66. The van der Waals surface area contributed by atoms with Crippen molar-refractivity contribution in [2.75, 3.05) is 5.32 Å². The predicted octanol–water partition coefficient (Wildman–Crippen LogP) is 2.93. The van der Waals surface area contributed by atoms with Crippen LogP contribution in [0.25, 0.3) is 0 Å². The molecule has 2 heteroatoms. The molecule has 1 rings (SSSR count). The molecule has 0 saturated carbocycles. The van der Waals surface area contributed by atoms with E-state index in [1.807, 2.05) is 24.3 Å². The highest BCUT2D eigenvalue weighted by Gasteiger charge is 1.99. The van der Waals surface area contributed by atoms with Gasteiger partial charge in [-0.3, -0.25) is 4.79 Å². The summed E-state index contributed by atoms with van der Waals surface area (Å²) in [6.07, 6.45) is 1.26. The Bertz CT molecular complexity index is 325. The van der Waals surface area contributed by atoms with Crippen LogP contribution >= 0.6 is 0 Å². The van der Waals surface area contributed by atoms with Crippen LogP contribution in [0.3, 0.4) is 0 Å². The third-order valence-corrected chi connectivity index (χ3v) is 2.03. The highest BCUT2D eigenvalue weighted by Crippen LogP contribution is 2.16. The first-order valence-corrected chi connectivity index (χ1v) is 4.67. The molecule has 2 nitrogen and oxygen atoms in total. The second-order valence-electron chi connectivity index (χ2n) is 3.47. The van der Waals surface area contributed by atoms with Crippen LogP contribution in [0.4, 0.5) is 5.69 Å². The standard InChI is InChI=1S/C12H15NO/c1-4-12(14)13-11-7-5-10(6-8-11)9(2)3/h4-9H,1H2,2-3H3,(H,13,14). The van der Waals surface area contributed by atoms with E-state index in [-0.39, 0.29) is 5.91 Å².